The van der Waals surface area contributed by atoms with E-state index < -0.39 is 0 Å². The minimum absolute atomic E-state index is 0.0157. The number of ether oxygens (including phenoxy) is 1. The van der Waals surface area contributed by atoms with E-state index in [9.17, 15) is 4.79 Å². The molecule has 0 spiro atoms. The predicted molar refractivity (Wildman–Crippen MR) is 97.1 cm³/mol. The van der Waals surface area contributed by atoms with Crippen LogP contribution >= 0.6 is 22.6 Å². The lowest BCUT2D eigenvalue weighted by molar-refractivity contribution is -0.117. The SMILES string of the molecule is COc1ccc(CN(C)CC(=O)Nc2cccc(I)c2)cc1. The van der Waals surface area contributed by atoms with Gasteiger partial charge >= 0.3 is 0 Å². The van der Waals surface area contributed by atoms with Gasteiger partial charge in [-0.2, -0.15) is 0 Å². The first kappa shape index (κ1) is 16.8. The third kappa shape index (κ3) is 5.31. The van der Waals surface area contributed by atoms with Crippen molar-refractivity contribution in [3.8, 4) is 5.75 Å². The Morgan fingerprint density at radius 2 is 1.95 bits per heavy atom. The molecule has 0 fully saturated rings. The first-order valence-corrected chi connectivity index (χ1v) is 8.01. The lowest BCUT2D eigenvalue weighted by Crippen LogP contribution is -2.29. The highest BCUT2D eigenvalue weighted by Crippen LogP contribution is 2.14. The number of hydrogen-bond donors (Lipinski definition) is 1. The van der Waals surface area contributed by atoms with E-state index in [0.717, 1.165) is 20.6 Å². The molecule has 5 heteroatoms. The van der Waals surface area contributed by atoms with Crippen LogP contribution in [0.1, 0.15) is 5.56 Å². The zero-order valence-electron chi connectivity index (χ0n) is 12.7. The van der Waals surface area contributed by atoms with E-state index >= 15 is 0 Å². The number of nitrogens with zero attached hydrogens (tertiary/aromatic N) is 1. The van der Waals surface area contributed by atoms with Crippen molar-refractivity contribution in [2.45, 2.75) is 6.54 Å². The molecule has 4 nitrogen and oxygen atoms in total. The molecule has 116 valence electrons. The Labute approximate surface area is 144 Å². The number of benzene rings is 2. The Morgan fingerprint density at radius 1 is 1.23 bits per heavy atom. The molecule has 0 aliphatic rings. The molecule has 0 saturated carbocycles. The van der Waals surface area contributed by atoms with E-state index in [0.29, 0.717) is 13.1 Å². The zero-order chi connectivity index (χ0) is 15.9. The molecule has 1 N–H and O–H groups in total. The Bertz CT molecular complexity index is 629. The Kier molecular flexibility index (Phi) is 6.21. The van der Waals surface area contributed by atoms with Crippen LogP contribution in [-0.4, -0.2) is 31.5 Å². The highest BCUT2D eigenvalue weighted by atomic mass is 127. The van der Waals surface area contributed by atoms with Gasteiger partial charge in [0.1, 0.15) is 5.75 Å². The molecule has 0 radical (unpaired) electrons. The maximum Gasteiger partial charge on any atom is 0.238 e. The van der Waals surface area contributed by atoms with E-state index in [1.165, 1.54) is 0 Å². The summed E-state index contributed by atoms with van der Waals surface area (Å²) in [4.78, 5) is 14.0. The van der Waals surface area contributed by atoms with Gasteiger partial charge in [-0.05, 0) is 65.5 Å². The second-order valence-electron chi connectivity index (χ2n) is 5.08. The van der Waals surface area contributed by atoms with E-state index in [1.54, 1.807) is 7.11 Å². The zero-order valence-corrected chi connectivity index (χ0v) is 14.8. The third-order valence-corrected chi connectivity index (χ3v) is 3.80. The number of amides is 1. The standard InChI is InChI=1S/C17H19IN2O2/c1-20(11-13-6-8-16(22-2)9-7-13)12-17(21)19-15-5-3-4-14(18)10-15/h3-10H,11-12H2,1-2H3,(H,19,21). The number of hydrogen-bond acceptors (Lipinski definition) is 3. The minimum Gasteiger partial charge on any atom is -0.497 e. The van der Waals surface area contributed by atoms with Crippen molar-refractivity contribution in [3.05, 3.63) is 57.7 Å². The van der Waals surface area contributed by atoms with Crippen LogP contribution in [0.2, 0.25) is 0 Å². The van der Waals surface area contributed by atoms with Gasteiger partial charge in [-0.15, -0.1) is 0 Å². The molecule has 2 aromatic carbocycles. The van der Waals surface area contributed by atoms with Crippen LogP contribution in [0.3, 0.4) is 0 Å². The average Bonchev–Trinajstić information content (AvgIpc) is 2.47. The summed E-state index contributed by atoms with van der Waals surface area (Å²) in [5.74, 6) is 0.820. The summed E-state index contributed by atoms with van der Waals surface area (Å²) < 4.78 is 6.24. The van der Waals surface area contributed by atoms with Crippen LogP contribution in [-0.2, 0) is 11.3 Å². The van der Waals surface area contributed by atoms with Crippen LogP contribution < -0.4 is 10.1 Å². The molecule has 0 aliphatic heterocycles. The van der Waals surface area contributed by atoms with Gasteiger partial charge in [0.05, 0.1) is 13.7 Å². The molecular weight excluding hydrogens is 391 g/mol. The molecule has 1 amide bonds. The van der Waals surface area contributed by atoms with E-state index in [1.807, 2.05) is 60.5 Å². The lowest BCUT2D eigenvalue weighted by atomic mass is 10.2. The summed E-state index contributed by atoms with van der Waals surface area (Å²) in [5.41, 5.74) is 1.97. The quantitative estimate of drug-likeness (QED) is 0.743. The largest absolute Gasteiger partial charge is 0.497 e. The van der Waals surface area contributed by atoms with Gasteiger partial charge in [-0.25, -0.2) is 0 Å². The fourth-order valence-corrected chi connectivity index (χ4v) is 2.65. The van der Waals surface area contributed by atoms with Crippen molar-refractivity contribution in [1.82, 2.24) is 4.90 Å². The van der Waals surface area contributed by atoms with E-state index in [4.69, 9.17) is 4.74 Å². The summed E-state index contributed by atoms with van der Waals surface area (Å²) in [6.07, 6.45) is 0. The van der Waals surface area contributed by atoms with Gasteiger partial charge in [0, 0.05) is 15.8 Å². The Morgan fingerprint density at radius 3 is 2.59 bits per heavy atom. The van der Waals surface area contributed by atoms with Gasteiger partial charge in [0.25, 0.3) is 0 Å². The lowest BCUT2D eigenvalue weighted by Gasteiger charge is -2.16. The first-order valence-electron chi connectivity index (χ1n) is 6.93. The van der Waals surface area contributed by atoms with E-state index in [-0.39, 0.29) is 5.91 Å². The molecule has 2 rings (SSSR count). The molecule has 0 aromatic heterocycles. The molecule has 0 unspecified atom stereocenters. The van der Waals surface area contributed by atoms with E-state index in [2.05, 4.69) is 27.9 Å². The number of likely N-dealkylation sites (N-methyl/N-ethyl adjacent to an activating group) is 1. The summed E-state index contributed by atoms with van der Waals surface area (Å²) in [7, 11) is 3.58. The summed E-state index contributed by atoms with van der Waals surface area (Å²) in [5, 5.41) is 2.91. The maximum absolute atomic E-state index is 12.0. The number of rotatable bonds is 6. The van der Waals surface area contributed by atoms with Crippen molar-refractivity contribution < 1.29 is 9.53 Å². The third-order valence-electron chi connectivity index (χ3n) is 3.13. The van der Waals surface area contributed by atoms with Crippen LogP contribution in [0.5, 0.6) is 5.75 Å². The smallest absolute Gasteiger partial charge is 0.238 e. The van der Waals surface area contributed by atoms with Crippen molar-refractivity contribution in [1.29, 1.82) is 0 Å². The highest BCUT2D eigenvalue weighted by Gasteiger charge is 2.08. The number of halogens is 1. The predicted octanol–water partition coefficient (Wildman–Crippen LogP) is 3.37. The Balaban J connectivity index is 1.85. The minimum atomic E-state index is -0.0157. The van der Waals surface area contributed by atoms with Crippen molar-refractivity contribution in [3.63, 3.8) is 0 Å². The second-order valence-corrected chi connectivity index (χ2v) is 6.32. The summed E-state index contributed by atoms with van der Waals surface area (Å²) in [6.45, 7) is 1.06. The summed E-state index contributed by atoms with van der Waals surface area (Å²) >= 11 is 2.23. The van der Waals surface area contributed by atoms with Gasteiger partial charge in [-0.3, -0.25) is 9.69 Å². The van der Waals surface area contributed by atoms with Crippen LogP contribution in [0.4, 0.5) is 5.69 Å². The van der Waals surface area contributed by atoms with Gasteiger partial charge in [0.2, 0.25) is 5.91 Å². The molecule has 22 heavy (non-hydrogen) atoms. The second kappa shape index (κ2) is 8.14. The molecular formula is C17H19IN2O2. The van der Waals surface area contributed by atoms with Crippen molar-refractivity contribution in [2.75, 3.05) is 26.0 Å². The maximum atomic E-state index is 12.0. The first-order chi connectivity index (χ1) is 10.6. The fourth-order valence-electron chi connectivity index (χ4n) is 2.11. The topological polar surface area (TPSA) is 41.6 Å². The molecule has 2 aromatic rings. The number of nitrogens with one attached hydrogen (secondary N) is 1. The summed E-state index contributed by atoms with van der Waals surface area (Å²) in [6, 6.07) is 15.6. The molecule has 0 saturated heterocycles. The monoisotopic (exact) mass is 410 g/mol. The molecule has 0 atom stereocenters. The van der Waals surface area contributed by atoms with Crippen LogP contribution in [0.15, 0.2) is 48.5 Å². The van der Waals surface area contributed by atoms with Gasteiger partial charge in [0.15, 0.2) is 0 Å². The van der Waals surface area contributed by atoms with Gasteiger partial charge in [-0.1, -0.05) is 18.2 Å². The molecule has 0 aliphatic carbocycles. The fraction of sp³-hybridized carbons (Fsp3) is 0.235. The Hall–Kier alpha value is -1.60. The number of anilines is 1. The average molecular weight is 410 g/mol. The van der Waals surface area contributed by atoms with Gasteiger partial charge < -0.3 is 10.1 Å². The highest BCUT2D eigenvalue weighted by molar-refractivity contribution is 14.1. The normalized spacial score (nSPS) is 10.5. The van der Waals surface area contributed by atoms with Crippen molar-refractivity contribution in [2.24, 2.45) is 0 Å². The van der Waals surface area contributed by atoms with Crippen LogP contribution in [0, 0.1) is 3.57 Å². The molecule has 0 heterocycles. The van der Waals surface area contributed by atoms with Crippen molar-refractivity contribution >= 4 is 34.2 Å². The molecule has 0 bridgehead atoms. The van der Waals surface area contributed by atoms with Crippen LogP contribution in [0.25, 0.3) is 0 Å². The number of carbonyl (C=O) groups excluding carboxylic acids is 1. The number of methoxy groups -OCH3 is 1. The number of carbonyl (C=O) groups is 1.